The lowest BCUT2D eigenvalue weighted by Gasteiger charge is -2.38. The van der Waals surface area contributed by atoms with Gasteiger partial charge in [-0.1, -0.05) is 35.7 Å². The summed E-state index contributed by atoms with van der Waals surface area (Å²) in [5, 5.41) is 25.6. The van der Waals surface area contributed by atoms with E-state index in [0.717, 1.165) is 33.9 Å². The van der Waals surface area contributed by atoms with Gasteiger partial charge in [-0.3, -0.25) is 9.80 Å². The first kappa shape index (κ1) is 27.9. The summed E-state index contributed by atoms with van der Waals surface area (Å²) >= 11 is 4.06. The Balaban J connectivity index is 1.31. The van der Waals surface area contributed by atoms with Gasteiger partial charge in [0.25, 0.3) is 5.24 Å². The molecule has 4 rings (SSSR count). The molecular formula is C28H27N3O4S3. The van der Waals surface area contributed by atoms with E-state index >= 15 is 0 Å². The fourth-order valence-electron chi connectivity index (χ4n) is 4.03. The summed E-state index contributed by atoms with van der Waals surface area (Å²) in [4.78, 5) is 26.5. The second-order valence-electron chi connectivity index (χ2n) is 8.57. The Bertz CT molecular complexity index is 1380. The number of ether oxygens (including phenoxy) is 1. The molecule has 0 saturated carbocycles. The molecule has 0 unspecified atom stereocenters. The van der Waals surface area contributed by atoms with Crippen LogP contribution in [0.4, 0.5) is 4.79 Å². The van der Waals surface area contributed by atoms with Crippen molar-refractivity contribution < 1.29 is 19.4 Å². The molecule has 0 radical (unpaired) electrons. The number of carbonyl (C=O) groups excluding carboxylic acids is 2. The molecule has 38 heavy (non-hydrogen) atoms. The highest BCUT2D eigenvalue weighted by atomic mass is 32.2. The maximum atomic E-state index is 12.6. The van der Waals surface area contributed by atoms with Gasteiger partial charge in [-0.05, 0) is 54.1 Å². The number of aliphatic hydroxyl groups is 1. The van der Waals surface area contributed by atoms with E-state index < -0.39 is 6.10 Å². The van der Waals surface area contributed by atoms with E-state index in [-0.39, 0.29) is 11.2 Å². The molecule has 3 heterocycles. The van der Waals surface area contributed by atoms with E-state index in [9.17, 15) is 14.7 Å². The number of thioether (sulfide) groups is 1. The van der Waals surface area contributed by atoms with Gasteiger partial charge in [0.05, 0.1) is 18.8 Å². The first-order valence-electron chi connectivity index (χ1n) is 12.1. The number of nitrogens with zero attached hydrogens (tertiary/aromatic N) is 3. The van der Waals surface area contributed by atoms with Gasteiger partial charge in [-0.15, -0.1) is 22.7 Å². The molecule has 0 spiro atoms. The Hall–Kier alpha value is -3.12. The zero-order valence-electron chi connectivity index (χ0n) is 20.9. The summed E-state index contributed by atoms with van der Waals surface area (Å²) in [6.07, 6.45) is 1.09. The second kappa shape index (κ2) is 13.6. The van der Waals surface area contributed by atoms with Crippen LogP contribution in [0.2, 0.25) is 0 Å². The number of rotatable bonds is 9. The number of hydrazine groups is 1. The predicted octanol–water partition coefficient (Wildman–Crippen LogP) is 4.79. The number of aliphatic hydroxyl groups excluding tert-OH is 1. The monoisotopic (exact) mass is 565 g/mol. The molecule has 7 nitrogen and oxygen atoms in total. The molecule has 1 amide bonds. The van der Waals surface area contributed by atoms with Gasteiger partial charge in [-0.2, -0.15) is 5.26 Å². The van der Waals surface area contributed by atoms with Crippen molar-refractivity contribution >= 4 is 45.6 Å². The zero-order chi connectivity index (χ0) is 26.9. The Morgan fingerprint density at radius 3 is 2.89 bits per heavy atom. The number of esters is 1. The average molecular weight is 566 g/mol. The van der Waals surface area contributed by atoms with Crippen LogP contribution in [0.3, 0.4) is 0 Å². The first-order chi connectivity index (χ1) is 18.5. The number of benzene rings is 1. The maximum Gasteiger partial charge on any atom is 0.348 e. The number of carbonyl (C=O) groups is 2. The van der Waals surface area contributed by atoms with Crippen molar-refractivity contribution in [1.29, 1.82) is 5.26 Å². The lowest BCUT2D eigenvalue weighted by molar-refractivity contribution is 0.0148. The van der Waals surface area contributed by atoms with Crippen molar-refractivity contribution in [2.45, 2.75) is 25.4 Å². The molecule has 1 saturated heterocycles. The van der Waals surface area contributed by atoms with Crippen LogP contribution in [0.25, 0.3) is 0 Å². The van der Waals surface area contributed by atoms with Crippen LogP contribution < -0.4 is 0 Å². The van der Waals surface area contributed by atoms with E-state index in [1.807, 2.05) is 46.8 Å². The third-order valence-electron chi connectivity index (χ3n) is 5.97. The molecule has 3 aromatic rings. The predicted molar refractivity (Wildman–Crippen MR) is 151 cm³/mol. The van der Waals surface area contributed by atoms with Crippen molar-refractivity contribution in [3.8, 4) is 17.9 Å². The average Bonchev–Trinajstić information content (AvgIpc) is 3.59. The molecule has 10 heteroatoms. The third-order valence-corrected chi connectivity index (χ3v) is 8.76. The quantitative estimate of drug-likeness (QED) is 0.295. The van der Waals surface area contributed by atoms with Crippen molar-refractivity contribution in [2.75, 3.05) is 32.5 Å². The Labute approximate surface area is 234 Å². The normalized spacial score (nSPS) is 14.4. The summed E-state index contributed by atoms with van der Waals surface area (Å²) in [5.74, 6) is 6.54. The first-order valence-corrected chi connectivity index (χ1v) is 14.8. The van der Waals surface area contributed by atoms with Gasteiger partial charge < -0.3 is 9.84 Å². The van der Waals surface area contributed by atoms with E-state index in [4.69, 9.17) is 10.00 Å². The molecule has 0 bridgehead atoms. The Morgan fingerprint density at radius 1 is 1.21 bits per heavy atom. The van der Waals surface area contributed by atoms with Gasteiger partial charge >= 0.3 is 5.97 Å². The lowest BCUT2D eigenvalue weighted by Crippen LogP contribution is -2.51. The van der Waals surface area contributed by atoms with Gasteiger partial charge in [0.15, 0.2) is 0 Å². The molecule has 1 N–H and O–H groups in total. The van der Waals surface area contributed by atoms with Crippen molar-refractivity contribution in [3.05, 3.63) is 79.2 Å². The number of hydrogen-bond acceptors (Lipinski definition) is 9. The van der Waals surface area contributed by atoms with Gasteiger partial charge in [0.2, 0.25) is 0 Å². The van der Waals surface area contributed by atoms with Crippen LogP contribution >= 0.6 is 34.4 Å². The minimum Gasteiger partial charge on any atom is -0.465 e. The summed E-state index contributed by atoms with van der Waals surface area (Å²) < 4.78 is 4.77. The fraction of sp³-hybridized carbons (Fsp3) is 0.321. The standard InChI is InChI=1S/C28H27N3O4S3/c1-35-27(33)25-8-7-24(38-25)10-13-31-28(34)37-16-14-30(31)12-9-23(32)18-21-4-2-3-20(17-21)5-6-22-11-15-36-26(22)19-29/h2-4,7-8,11,15,17,23,32H,9-10,12-14,16,18H2,1H3/t23-/m1/s1. The van der Waals surface area contributed by atoms with Crippen molar-refractivity contribution in [3.63, 3.8) is 0 Å². The van der Waals surface area contributed by atoms with Crippen LogP contribution in [-0.4, -0.2) is 64.9 Å². The number of nitriles is 1. The maximum absolute atomic E-state index is 12.6. The molecule has 0 aliphatic carbocycles. The van der Waals surface area contributed by atoms with Crippen LogP contribution in [0, 0.1) is 23.2 Å². The zero-order valence-corrected chi connectivity index (χ0v) is 23.3. The number of amides is 1. The van der Waals surface area contributed by atoms with E-state index in [1.54, 1.807) is 11.1 Å². The van der Waals surface area contributed by atoms with Crippen LogP contribution in [0.1, 0.15) is 42.5 Å². The smallest absolute Gasteiger partial charge is 0.348 e. The number of thiophene rings is 2. The van der Waals surface area contributed by atoms with Crippen LogP contribution in [0.5, 0.6) is 0 Å². The highest BCUT2D eigenvalue weighted by Gasteiger charge is 2.27. The van der Waals surface area contributed by atoms with Crippen LogP contribution in [0.15, 0.2) is 47.8 Å². The van der Waals surface area contributed by atoms with Gasteiger partial charge in [0.1, 0.15) is 15.8 Å². The summed E-state index contributed by atoms with van der Waals surface area (Å²) in [5.41, 5.74) is 2.54. The van der Waals surface area contributed by atoms with Gasteiger partial charge in [-0.25, -0.2) is 9.80 Å². The summed E-state index contributed by atoms with van der Waals surface area (Å²) in [7, 11) is 1.36. The topological polar surface area (TPSA) is 93.9 Å². The van der Waals surface area contributed by atoms with Crippen LogP contribution in [-0.2, 0) is 17.6 Å². The molecular weight excluding hydrogens is 539 g/mol. The molecule has 1 atom stereocenters. The SMILES string of the molecule is COC(=O)c1ccc(CCN2C(=O)SCCN2CC[C@@H](O)Cc2cccc(C#Cc3ccsc3C#N)c2)s1. The van der Waals surface area contributed by atoms with Crippen molar-refractivity contribution in [2.24, 2.45) is 0 Å². The Kier molecular flexibility index (Phi) is 9.99. The molecule has 1 aromatic carbocycles. The van der Waals surface area contributed by atoms with E-state index in [0.29, 0.717) is 42.1 Å². The minimum absolute atomic E-state index is 0.00643. The van der Waals surface area contributed by atoms with E-state index in [1.165, 1.54) is 41.5 Å². The Morgan fingerprint density at radius 2 is 2.08 bits per heavy atom. The molecule has 1 aliphatic heterocycles. The highest BCUT2D eigenvalue weighted by Crippen LogP contribution is 2.23. The highest BCUT2D eigenvalue weighted by molar-refractivity contribution is 8.13. The number of methoxy groups -OCH3 is 1. The second-order valence-corrected chi connectivity index (χ2v) is 11.7. The third kappa shape index (κ3) is 7.47. The largest absolute Gasteiger partial charge is 0.465 e. The van der Waals surface area contributed by atoms with Gasteiger partial charge in [0, 0.05) is 42.2 Å². The van der Waals surface area contributed by atoms with E-state index in [2.05, 4.69) is 17.9 Å². The molecule has 196 valence electrons. The minimum atomic E-state index is -0.563. The molecule has 2 aromatic heterocycles. The summed E-state index contributed by atoms with van der Waals surface area (Å²) in [6.45, 7) is 1.82. The molecule has 1 aliphatic rings. The molecule has 1 fully saturated rings. The number of hydrogen-bond donors (Lipinski definition) is 1. The summed E-state index contributed by atoms with van der Waals surface area (Å²) in [6, 6.07) is 15.4. The van der Waals surface area contributed by atoms with Crippen molar-refractivity contribution in [1.82, 2.24) is 10.0 Å². The lowest BCUT2D eigenvalue weighted by atomic mass is 10.0. The fourth-order valence-corrected chi connectivity index (χ4v) is 6.42.